The van der Waals surface area contributed by atoms with Gasteiger partial charge >= 0.3 is 0 Å². The number of piperazine rings is 1. The predicted molar refractivity (Wildman–Crippen MR) is 76.9 cm³/mol. The van der Waals surface area contributed by atoms with Crippen molar-refractivity contribution in [2.24, 2.45) is 0 Å². The van der Waals surface area contributed by atoms with Gasteiger partial charge in [-0.1, -0.05) is 15.9 Å². The minimum atomic E-state index is -3.77. The predicted octanol–water partition coefficient (Wildman–Crippen LogP) is 0.944. The molecule has 0 saturated carbocycles. The molecule has 1 N–H and O–H groups in total. The number of nitriles is 1. The minimum Gasteiger partial charge on any atom is -0.495 e. The van der Waals surface area contributed by atoms with Crippen LogP contribution >= 0.6 is 15.9 Å². The zero-order chi connectivity index (χ0) is 14.8. The Kier molecular flexibility index (Phi) is 4.65. The molecule has 1 aromatic carbocycles. The van der Waals surface area contributed by atoms with Crippen molar-refractivity contribution in [1.82, 2.24) is 9.62 Å². The molecule has 108 valence electrons. The van der Waals surface area contributed by atoms with Crippen LogP contribution in [0, 0.1) is 11.3 Å². The van der Waals surface area contributed by atoms with Crippen LogP contribution in [-0.2, 0) is 10.0 Å². The van der Waals surface area contributed by atoms with E-state index in [2.05, 4.69) is 21.2 Å². The van der Waals surface area contributed by atoms with Crippen molar-refractivity contribution in [3.8, 4) is 11.8 Å². The van der Waals surface area contributed by atoms with Crippen LogP contribution in [0.15, 0.2) is 27.6 Å². The van der Waals surface area contributed by atoms with Gasteiger partial charge in [0.1, 0.15) is 16.7 Å². The number of nitrogens with one attached hydrogen (secondary N) is 1. The standard InChI is InChI=1S/C12H14BrN3O3S/c1-19-11-3-2-9(13)6-12(11)20(17,18)16-5-4-15-8-10(16)7-14/h2-3,6,10,15H,4-5,8H2,1H3. The second-order valence-corrected chi connectivity index (χ2v) is 7.03. The number of methoxy groups -OCH3 is 1. The van der Waals surface area contributed by atoms with E-state index in [1.807, 2.05) is 6.07 Å². The molecule has 1 unspecified atom stereocenters. The Morgan fingerprint density at radius 3 is 2.95 bits per heavy atom. The Labute approximate surface area is 126 Å². The van der Waals surface area contributed by atoms with E-state index in [4.69, 9.17) is 10.00 Å². The number of nitrogens with zero attached hydrogens (tertiary/aromatic N) is 2. The van der Waals surface area contributed by atoms with Crippen molar-refractivity contribution in [3.63, 3.8) is 0 Å². The van der Waals surface area contributed by atoms with E-state index in [0.29, 0.717) is 17.6 Å². The molecule has 20 heavy (non-hydrogen) atoms. The van der Waals surface area contributed by atoms with Gasteiger partial charge in [0, 0.05) is 24.1 Å². The highest BCUT2D eigenvalue weighted by molar-refractivity contribution is 9.10. The molecule has 0 amide bonds. The Bertz CT molecular complexity index is 642. The SMILES string of the molecule is COc1ccc(Br)cc1S(=O)(=O)N1CCNCC1C#N. The zero-order valence-corrected chi connectivity index (χ0v) is 13.2. The molecule has 1 aliphatic heterocycles. The Balaban J connectivity index is 2.49. The lowest BCUT2D eigenvalue weighted by Gasteiger charge is -2.31. The summed E-state index contributed by atoms with van der Waals surface area (Å²) in [6.45, 7) is 1.11. The summed E-state index contributed by atoms with van der Waals surface area (Å²) >= 11 is 3.26. The van der Waals surface area contributed by atoms with Crippen molar-refractivity contribution in [2.45, 2.75) is 10.9 Å². The molecule has 1 heterocycles. The molecule has 1 aliphatic rings. The second kappa shape index (κ2) is 6.10. The van der Waals surface area contributed by atoms with Gasteiger partial charge in [0.2, 0.25) is 10.0 Å². The van der Waals surface area contributed by atoms with Gasteiger partial charge in [-0.25, -0.2) is 8.42 Å². The fraction of sp³-hybridized carbons (Fsp3) is 0.417. The first-order valence-electron chi connectivity index (χ1n) is 5.96. The molecule has 6 nitrogen and oxygen atoms in total. The molecule has 0 aromatic heterocycles. The monoisotopic (exact) mass is 359 g/mol. The van der Waals surface area contributed by atoms with Gasteiger partial charge in [-0.05, 0) is 18.2 Å². The first-order valence-corrected chi connectivity index (χ1v) is 8.19. The van der Waals surface area contributed by atoms with Gasteiger partial charge in [-0.15, -0.1) is 0 Å². The molecule has 0 aliphatic carbocycles. The van der Waals surface area contributed by atoms with Crippen molar-refractivity contribution in [3.05, 3.63) is 22.7 Å². The van der Waals surface area contributed by atoms with E-state index in [0.717, 1.165) is 0 Å². The summed E-state index contributed by atoms with van der Waals surface area (Å²) in [5, 5.41) is 12.1. The van der Waals surface area contributed by atoms with Crippen LogP contribution < -0.4 is 10.1 Å². The molecule has 1 saturated heterocycles. The Morgan fingerprint density at radius 2 is 2.30 bits per heavy atom. The van der Waals surface area contributed by atoms with Gasteiger partial charge < -0.3 is 10.1 Å². The van der Waals surface area contributed by atoms with E-state index >= 15 is 0 Å². The third kappa shape index (κ3) is 2.81. The summed E-state index contributed by atoms with van der Waals surface area (Å²) in [4.78, 5) is 0.0662. The topological polar surface area (TPSA) is 82.4 Å². The number of sulfonamides is 1. The summed E-state index contributed by atoms with van der Waals surface area (Å²) in [6.07, 6.45) is 0. The molecular weight excluding hydrogens is 346 g/mol. The number of ether oxygens (including phenoxy) is 1. The van der Waals surface area contributed by atoms with Gasteiger partial charge in [-0.2, -0.15) is 9.57 Å². The lowest BCUT2D eigenvalue weighted by molar-refractivity contribution is 0.309. The average molecular weight is 360 g/mol. The van der Waals surface area contributed by atoms with E-state index < -0.39 is 16.1 Å². The molecule has 1 atom stereocenters. The van der Waals surface area contributed by atoms with Crippen molar-refractivity contribution in [1.29, 1.82) is 5.26 Å². The zero-order valence-electron chi connectivity index (χ0n) is 10.8. The number of benzene rings is 1. The van der Waals surface area contributed by atoms with Crippen LogP contribution in [0.25, 0.3) is 0 Å². The summed E-state index contributed by atoms with van der Waals surface area (Å²) in [5.74, 6) is 0.267. The van der Waals surface area contributed by atoms with Gasteiger partial charge in [0.15, 0.2) is 0 Å². The van der Waals surface area contributed by atoms with Crippen LogP contribution in [0.2, 0.25) is 0 Å². The highest BCUT2D eigenvalue weighted by Crippen LogP contribution is 2.30. The number of halogens is 1. The normalized spacial score (nSPS) is 20.4. The van der Waals surface area contributed by atoms with Crippen LogP contribution in [0.3, 0.4) is 0 Å². The summed E-state index contributed by atoms with van der Waals surface area (Å²) in [5.41, 5.74) is 0. The molecule has 1 aromatic rings. The maximum Gasteiger partial charge on any atom is 0.248 e. The highest BCUT2D eigenvalue weighted by atomic mass is 79.9. The third-order valence-electron chi connectivity index (χ3n) is 3.06. The smallest absolute Gasteiger partial charge is 0.248 e. The lowest BCUT2D eigenvalue weighted by atomic mass is 10.3. The summed E-state index contributed by atoms with van der Waals surface area (Å²) in [7, 11) is -2.35. The fourth-order valence-electron chi connectivity index (χ4n) is 2.06. The van der Waals surface area contributed by atoms with E-state index in [1.165, 1.54) is 17.5 Å². The minimum absolute atomic E-state index is 0.0662. The summed E-state index contributed by atoms with van der Waals surface area (Å²) < 4.78 is 32.4. The largest absolute Gasteiger partial charge is 0.495 e. The first-order chi connectivity index (χ1) is 9.50. The molecule has 2 rings (SSSR count). The second-order valence-electron chi connectivity index (χ2n) is 4.26. The molecular formula is C12H14BrN3O3S. The van der Waals surface area contributed by atoms with Gasteiger partial charge in [-0.3, -0.25) is 0 Å². The Hall–Kier alpha value is -1.14. The maximum absolute atomic E-state index is 12.7. The van der Waals surface area contributed by atoms with Crippen LogP contribution in [0.1, 0.15) is 0 Å². The molecule has 0 bridgehead atoms. The maximum atomic E-state index is 12.7. The van der Waals surface area contributed by atoms with Crippen molar-refractivity contribution < 1.29 is 13.2 Å². The van der Waals surface area contributed by atoms with Crippen molar-refractivity contribution in [2.75, 3.05) is 26.7 Å². The van der Waals surface area contributed by atoms with E-state index in [1.54, 1.807) is 12.1 Å². The molecule has 8 heteroatoms. The average Bonchev–Trinajstić information content (AvgIpc) is 2.47. The van der Waals surface area contributed by atoms with Crippen LogP contribution in [-0.4, -0.2) is 45.5 Å². The third-order valence-corrected chi connectivity index (χ3v) is 5.48. The van der Waals surface area contributed by atoms with E-state index in [-0.39, 0.29) is 17.2 Å². The molecule has 0 spiro atoms. The van der Waals surface area contributed by atoms with E-state index in [9.17, 15) is 8.42 Å². The Morgan fingerprint density at radius 1 is 1.55 bits per heavy atom. The van der Waals surface area contributed by atoms with Crippen molar-refractivity contribution >= 4 is 26.0 Å². The number of rotatable bonds is 3. The first kappa shape index (κ1) is 15.3. The molecule has 1 fully saturated rings. The fourth-order valence-corrected chi connectivity index (χ4v) is 4.30. The quantitative estimate of drug-likeness (QED) is 0.868. The number of hydrogen-bond acceptors (Lipinski definition) is 5. The number of hydrogen-bond donors (Lipinski definition) is 1. The lowest BCUT2D eigenvalue weighted by Crippen LogP contribution is -2.52. The van der Waals surface area contributed by atoms with Crippen LogP contribution in [0.5, 0.6) is 5.75 Å². The highest BCUT2D eigenvalue weighted by Gasteiger charge is 2.35. The van der Waals surface area contributed by atoms with Gasteiger partial charge in [0.25, 0.3) is 0 Å². The van der Waals surface area contributed by atoms with Gasteiger partial charge in [0.05, 0.1) is 13.2 Å². The molecule has 0 radical (unpaired) electrons. The summed E-state index contributed by atoms with van der Waals surface area (Å²) in [6, 6.07) is 6.08. The van der Waals surface area contributed by atoms with Crippen LogP contribution in [0.4, 0.5) is 0 Å².